The average Bonchev–Trinajstić information content (AvgIpc) is 2.45. The molecule has 0 aliphatic heterocycles. The van der Waals surface area contributed by atoms with E-state index in [1.807, 2.05) is 0 Å². The van der Waals surface area contributed by atoms with Crippen LogP contribution in [0.4, 0.5) is 0 Å². The van der Waals surface area contributed by atoms with Crippen molar-refractivity contribution in [2.45, 2.75) is 6.61 Å². The van der Waals surface area contributed by atoms with Crippen LogP contribution in [0.2, 0.25) is 0 Å². The largest absolute Gasteiger partial charge is 0.545 e. The monoisotopic (exact) mass is 271 g/mol. The number of carboxylic acids is 1. The van der Waals surface area contributed by atoms with Crippen LogP contribution in [-0.2, 0) is 6.61 Å². The van der Waals surface area contributed by atoms with Gasteiger partial charge in [0.2, 0.25) is 0 Å². The Labute approximate surface area is 115 Å². The first kappa shape index (κ1) is 13.6. The second kappa shape index (κ2) is 5.88. The van der Waals surface area contributed by atoms with E-state index in [-0.39, 0.29) is 23.5 Å². The predicted octanol–water partition coefficient (Wildman–Crippen LogP) is 1.15. The molecule has 0 spiro atoms. The molecule has 0 fully saturated rings. The van der Waals surface area contributed by atoms with Gasteiger partial charge in [-0.2, -0.15) is 0 Å². The van der Waals surface area contributed by atoms with Crippen LogP contribution in [0.5, 0.6) is 11.5 Å². The molecule has 0 aromatic heterocycles. The number of hydrogen-bond donors (Lipinski definition) is 1. The Morgan fingerprint density at radius 1 is 1.20 bits per heavy atom. The van der Waals surface area contributed by atoms with Gasteiger partial charge in [-0.3, -0.25) is 4.79 Å². The van der Waals surface area contributed by atoms with Crippen molar-refractivity contribution in [3.63, 3.8) is 0 Å². The van der Waals surface area contributed by atoms with Crippen molar-refractivity contribution in [3.05, 3.63) is 59.2 Å². The molecule has 0 saturated heterocycles. The zero-order chi connectivity index (χ0) is 14.5. The van der Waals surface area contributed by atoms with Crippen LogP contribution >= 0.6 is 0 Å². The first-order valence-electron chi connectivity index (χ1n) is 5.81. The molecule has 0 aliphatic rings. The second-order valence-corrected chi connectivity index (χ2v) is 4.11. The minimum absolute atomic E-state index is 0.0988. The smallest absolute Gasteiger partial charge is 0.153 e. The van der Waals surface area contributed by atoms with Gasteiger partial charge in [0.05, 0.1) is 11.5 Å². The van der Waals surface area contributed by atoms with Gasteiger partial charge < -0.3 is 19.7 Å². The molecule has 0 atom stereocenters. The molecule has 2 rings (SSSR count). The van der Waals surface area contributed by atoms with Crippen molar-refractivity contribution in [2.24, 2.45) is 0 Å². The standard InChI is InChI=1S/C15H12O5/c16-8-12-5-6-13(7-14(12)17)20-9-10-1-3-11(4-2-10)15(18)19/h1-8,17H,9H2,(H,18,19)/p-1. The van der Waals surface area contributed by atoms with E-state index in [0.29, 0.717) is 12.0 Å². The number of phenolic OH excluding ortho intramolecular Hbond substituents is 1. The molecule has 20 heavy (non-hydrogen) atoms. The van der Waals surface area contributed by atoms with Gasteiger partial charge in [-0.25, -0.2) is 0 Å². The number of aromatic hydroxyl groups is 1. The third-order valence-electron chi connectivity index (χ3n) is 2.72. The summed E-state index contributed by atoms with van der Waals surface area (Å²) in [4.78, 5) is 21.1. The summed E-state index contributed by atoms with van der Waals surface area (Å²) in [7, 11) is 0. The lowest BCUT2D eigenvalue weighted by Crippen LogP contribution is -2.22. The van der Waals surface area contributed by atoms with Crippen molar-refractivity contribution in [3.8, 4) is 11.5 Å². The van der Waals surface area contributed by atoms with Crippen molar-refractivity contribution in [1.29, 1.82) is 0 Å². The number of aldehydes is 1. The van der Waals surface area contributed by atoms with E-state index in [4.69, 9.17) is 4.74 Å². The minimum Gasteiger partial charge on any atom is -0.545 e. The minimum atomic E-state index is -1.23. The molecular weight excluding hydrogens is 260 g/mol. The average molecular weight is 271 g/mol. The highest BCUT2D eigenvalue weighted by Gasteiger charge is 2.03. The summed E-state index contributed by atoms with van der Waals surface area (Å²) < 4.78 is 5.43. The molecule has 0 amide bonds. The van der Waals surface area contributed by atoms with Crippen LogP contribution in [0.25, 0.3) is 0 Å². The van der Waals surface area contributed by atoms with E-state index in [2.05, 4.69) is 0 Å². The van der Waals surface area contributed by atoms with Gasteiger partial charge in [-0.15, -0.1) is 0 Å². The topological polar surface area (TPSA) is 86.7 Å². The molecule has 0 aliphatic carbocycles. The van der Waals surface area contributed by atoms with Crippen molar-refractivity contribution < 1.29 is 24.5 Å². The third-order valence-corrected chi connectivity index (χ3v) is 2.72. The molecule has 5 heteroatoms. The van der Waals surface area contributed by atoms with Crippen LogP contribution in [0.15, 0.2) is 42.5 Å². The van der Waals surface area contributed by atoms with Gasteiger partial charge in [0.15, 0.2) is 6.29 Å². The Kier molecular flexibility index (Phi) is 4.00. The fourth-order valence-electron chi connectivity index (χ4n) is 1.62. The van der Waals surface area contributed by atoms with E-state index in [9.17, 15) is 19.8 Å². The number of phenols is 1. The third kappa shape index (κ3) is 3.14. The quantitative estimate of drug-likeness (QED) is 0.824. The molecule has 0 heterocycles. The second-order valence-electron chi connectivity index (χ2n) is 4.11. The first-order chi connectivity index (χ1) is 9.60. The summed E-state index contributed by atoms with van der Waals surface area (Å²) >= 11 is 0. The fraction of sp³-hybridized carbons (Fsp3) is 0.0667. The summed E-state index contributed by atoms with van der Waals surface area (Å²) in [5.41, 5.74) is 1.06. The Hall–Kier alpha value is -2.82. The molecule has 1 N–H and O–H groups in total. The Morgan fingerprint density at radius 3 is 2.45 bits per heavy atom. The molecule has 0 saturated carbocycles. The van der Waals surface area contributed by atoms with Gasteiger partial charge in [0.1, 0.15) is 18.1 Å². The number of carbonyl (C=O) groups excluding carboxylic acids is 2. The highest BCUT2D eigenvalue weighted by atomic mass is 16.5. The number of ether oxygens (including phenoxy) is 1. The van der Waals surface area contributed by atoms with Gasteiger partial charge in [-0.1, -0.05) is 24.3 Å². The van der Waals surface area contributed by atoms with E-state index in [1.165, 1.54) is 24.3 Å². The molecule has 5 nitrogen and oxygen atoms in total. The lowest BCUT2D eigenvalue weighted by molar-refractivity contribution is -0.255. The van der Waals surface area contributed by atoms with Crippen LogP contribution in [0.1, 0.15) is 26.3 Å². The van der Waals surface area contributed by atoms with Crippen LogP contribution in [0, 0.1) is 0 Å². The van der Waals surface area contributed by atoms with Crippen molar-refractivity contribution in [2.75, 3.05) is 0 Å². The lowest BCUT2D eigenvalue weighted by Gasteiger charge is -2.08. The maximum Gasteiger partial charge on any atom is 0.153 e. The highest BCUT2D eigenvalue weighted by Crippen LogP contribution is 2.23. The van der Waals surface area contributed by atoms with E-state index < -0.39 is 5.97 Å². The molecule has 0 unspecified atom stereocenters. The first-order valence-corrected chi connectivity index (χ1v) is 5.81. The molecule has 2 aromatic rings. The maximum atomic E-state index is 10.6. The van der Waals surface area contributed by atoms with E-state index >= 15 is 0 Å². The summed E-state index contributed by atoms with van der Waals surface area (Å²) in [6.45, 7) is 0.215. The zero-order valence-electron chi connectivity index (χ0n) is 10.4. The zero-order valence-corrected chi connectivity index (χ0v) is 10.4. The Morgan fingerprint density at radius 2 is 1.90 bits per heavy atom. The lowest BCUT2D eigenvalue weighted by atomic mass is 10.1. The summed E-state index contributed by atoms with van der Waals surface area (Å²) in [6.07, 6.45) is 0.553. The molecule has 0 bridgehead atoms. The summed E-state index contributed by atoms with van der Waals surface area (Å²) in [5, 5.41) is 20.1. The van der Waals surface area contributed by atoms with E-state index in [1.54, 1.807) is 18.2 Å². The van der Waals surface area contributed by atoms with Crippen LogP contribution in [-0.4, -0.2) is 17.4 Å². The Bertz CT molecular complexity index is 631. The number of carboxylic acid groups (broad SMARTS) is 1. The molecule has 2 aromatic carbocycles. The Balaban J connectivity index is 2.03. The highest BCUT2D eigenvalue weighted by molar-refractivity contribution is 5.85. The van der Waals surface area contributed by atoms with Gasteiger partial charge in [-0.05, 0) is 23.3 Å². The van der Waals surface area contributed by atoms with Crippen molar-refractivity contribution >= 4 is 12.3 Å². The number of rotatable bonds is 5. The summed E-state index contributed by atoms with van der Waals surface area (Å²) in [5.74, 6) is -0.964. The maximum absolute atomic E-state index is 10.6. The fourth-order valence-corrected chi connectivity index (χ4v) is 1.62. The van der Waals surface area contributed by atoms with Gasteiger partial charge in [0, 0.05) is 6.07 Å². The van der Waals surface area contributed by atoms with E-state index in [0.717, 1.165) is 5.56 Å². The predicted molar refractivity (Wildman–Crippen MR) is 68.6 cm³/mol. The van der Waals surface area contributed by atoms with Gasteiger partial charge in [0.25, 0.3) is 0 Å². The summed E-state index contributed by atoms with van der Waals surface area (Å²) in [6, 6.07) is 10.5. The number of hydrogen-bond acceptors (Lipinski definition) is 5. The molecule has 102 valence electrons. The number of aromatic carboxylic acids is 1. The van der Waals surface area contributed by atoms with Crippen LogP contribution in [0.3, 0.4) is 0 Å². The van der Waals surface area contributed by atoms with Crippen LogP contribution < -0.4 is 9.84 Å². The number of benzene rings is 2. The molecular formula is C15H11O5-. The SMILES string of the molecule is O=Cc1ccc(OCc2ccc(C(=O)[O-])cc2)cc1O. The normalized spacial score (nSPS) is 10.0. The van der Waals surface area contributed by atoms with Crippen molar-refractivity contribution in [1.82, 2.24) is 0 Å². The van der Waals surface area contributed by atoms with Gasteiger partial charge >= 0.3 is 0 Å². The number of carbonyl (C=O) groups is 2. The molecule has 0 radical (unpaired) electrons.